The maximum Gasteiger partial charge on any atom is 0.305 e. The van der Waals surface area contributed by atoms with Crippen LogP contribution in [0.25, 0.3) is 0 Å². The van der Waals surface area contributed by atoms with E-state index in [1.807, 2.05) is 0 Å². The first-order valence-electron chi connectivity index (χ1n) is 37.7. The van der Waals surface area contributed by atoms with Crippen LogP contribution in [0.4, 0.5) is 0 Å². The second-order valence-corrected chi connectivity index (χ2v) is 26.0. The van der Waals surface area contributed by atoms with Gasteiger partial charge in [-0.2, -0.15) is 0 Å². The maximum absolute atomic E-state index is 12.5. The van der Waals surface area contributed by atoms with Gasteiger partial charge in [-0.05, 0) is 83.5 Å². The minimum Gasteiger partial charge on any atom is -0.466 e. The van der Waals surface area contributed by atoms with Crippen molar-refractivity contribution in [2.45, 2.75) is 431 Å². The van der Waals surface area contributed by atoms with Crippen LogP contribution in [0.5, 0.6) is 0 Å². The second-order valence-electron chi connectivity index (χ2n) is 26.0. The van der Waals surface area contributed by atoms with Crippen molar-refractivity contribution in [1.82, 2.24) is 5.32 Å². The number of amides is 1. The summed E-state index contributed by atoms with van der Waals surface area (Å²) in [5.74, 6) is -0.0228. The molecule has 0 aliphatic carbocycles. The molecule has 0 aromatic heterocycles. The molecular formula is C77H147NO5. The summed E-state index contributed by atoms with van der Waals surface area (Å²) in [6.45, 7) is 4.96. The third-order valence-corrected chi connectivity index (χ3v) is 17.7. The highest BCUT2D eigenvalue weighted by molar-refractivity contribution is 5.76. The Hall–Kier alpha value is -1.92. The molecule has 0 fully saturated rings. The molecule has 0 radical (unpaired) electrons. The van der Waals surface area contributed by atoms with Gasteiger partial charge in [0.15, 0.2) is 0 Å². The molecule has 0 saturated carbocycles. The van der Waals surface area contributed by atoms with E-state index in [0.29, 0.717) is 25.9 Å². The number of esters is 1. The molecule has 0 rings (SSSR count). The molecule has 83 heavy (non-hydrogen) atoms. The lowest BCUT2D eigenvalue weighted by Crippen LogP contribution is -2.45. The zero-order chi connectivity index (χ0) is 59.9. The van der Waals surface area contributed by atoms with Crippen LogP contribution in [0.1, 0.15) is 418 Å². The van der Waals surface area contributed by atoms with E-state index in [1.165, 1.54) is 334 Å². The van der Waals surface area contributed by atoms with E-state index in [1.54, 1.807) is 0 Å². The monoisotopic (exact) mass is 1170 g/mol. The first-order chi connectivity index (χ1) is 41.0. The van der Waals surface area contributed by atoms with E-state index in [0.717, 1.165) is 51.4 Å². The fourth-order valence-corrected chi connectivity index (χ4v) is 11.9. The molecule has 0 bridgehead atoms. The van der Waals surface area contributed by atoms with Gasteiger partial charge in [0.05, 0.1) is 25.4 Å². The molecule has 1 amide bonds. The van der Waals surface area contributed by atoms with E-state index in [9.17, 15) is 19.8 Å². The molecule has 6 nitrogen and oxygen atoms in total. The lowest BCUT2D eigenvalue weighted by Gasteiger charge is -2.22. The average Bonchev–Trinajstić information content (AvgIpc) is 3.49. The molecule has 0 aromatic rings. The number of hydrogen-bond donors (Lipinski definition) is 3. The third-order valence-electron chi connectivity index (χ3n) is 17.7. The predicted octanol–water partition coefficient (Wildman–Crippen LogP) is 24.7. The Morgan fingerprint density at radius 3 is 0.952 bits per heavy atom. The number of ether oxygens (including phenoxy) is 1. The Balaban J connectivity index is 3.35. The number of unbranched alkanes of at least 4 members (excludes halogenated alkanes) is 54. The van der Waals surface area contributed by atoms with E-state index in [-0.39, 0.29) is 18.5 Å². The molecule has 0 heterocycles. The molecule has 0 aromatic carbocycles. The summed E-state index contributed by atoms with van der Waals surface area (Å²) in [6, 6.07) is -0.540. The zero-order valence-electron chi connectivity index (χ0n) is 56.2. The van der Waals surface area contributed by atoms with Crippen molar-refractivity contribution >= 4 is 11.9 Å². The van der Waals surface area contributed by atoms with Crippen LogP contribution in [0.15, 0.2) is 36.5 Å². The first-order valence-corrected chi connectivity index (χ1v) is 37.7. The van der Waals surface area contributed by atoms with Crippen molar-refractivity contribution < 1.29 is 24.5 Å². The van der Waals surface area contributed by atoms with Gasteiger partial charge < -0.3 is 20.3 Å². The number of allylic oxidation sites excluding steroid dienone is 6. The van der Waals surface area contributed by atoms with Gasteiger partial charge in [0.1, 0.15) is 0 Å². The van der Waals surface area contributed by atoms with Crippen LogP contribution >= 0.6 is 0 Å². The van der Waals surface area contributed by atoms with Gasteiger partial charge in [-0.1, -0.05) is 359 Å². The summed E-state index contributed by atoms with van der Waals surface area (Å²) in [5, 5.41) is 23.4. The highest BCUT2D eigenvalue weighted by Gasteiger charge is 2.20. The first kappa shape index (κ1) is 81.1. The Morgan fingerprint density at radius 2 is 0.602 bits per heavy atom. The van der Waals surface area contributed by atoms with E-state index < -0.39 is 12.1 Å². The summed E-state index contributed by atoms with van der Waals surface area (Å²) in [5.41, 5.74) is 0. The minimum absolute atomic E-state index is 0.00515. The smallest absolute Gasteiger partial charge is 0.305 e. The summed E-state index contributed by atoms with van der Waals surface area (Å²) < 4.78 is 5.49. The van der Waals surface area contributed by atoms with Gasteiger partial charge in [-0.25, -0.2) is 0 Å². The number of hydrogen-bond acceptors (Lipinski definition) is 5. The third kappa shape index (κ3) is 69.1. The number of aliphatic hydroxyl groups excluding tert-OH is 2. The van der Waals surface area contributed by atoms with Crippen LogP contribution in [-0.2, 0) is 14.3 Å². The van der Waals surface area contributed by atoms with Crippen LogP contribution in [0.2, 0.25) is 0 Å². The molecule has 2 unspecified atom stereocenters. The van der Waals surface area contributed by atoms with Crippen molar-refractivity contribution in [3.8, 4) is 0 Å². The predicted molar refractivity (Wildman–Crippen MR) is 366 cm³/mol. The molecule has 6 heteroatoms. The summed E-state index contributed by atoms with van der Waals surface area (Å²) >= 11 is 0. The van der Waals surface area contributed by atoms with Gasteiger partial charge >= 0.3 is 5.97 Å². The number of rotatable bonds is 71. The summed E-state index contributed by atoms with van der Waals surface area (Å²) in [6.07, 6.45) is 93.6. The van der Waals surface area contributed by atoms with Gasteiger partial charge in [-0.3, -0.25) is 9.59 Å². The lowest BCUT2D eigenvalue weighted by molar-refractivity contribution is -0.143. The van der Waals surface area contributed by atoms with Crippen molar-refractivity contribution in [1.29, 1.82) is 0 Å². The van der Waals surface area contributed by atoms with Crippen molar-refractivity contribution in [2.24, 2.45) is 0 Å². The highest BCUT2D eigenvalue weighted by Crippen LogP contribution is 2.19. The zero-order valence-corrected chi connectivity index (χ0v) is 56.2. The lowest BCUT2D eigenvalue weighted by atomic mass is 10.0. The molecule has 0 saturated heterocycles. The Morgan fingerprint density at radius 1 is 0.337 bits per heavy atom. The SMILES string of the molecule is CCCCC/C=C\C/C=C\CCCCCCCC(=O)OCCCCCCCCCCCCCC/C=C\CCCCCCCCCCCCCCCCCCCC(=O)NC(CO)C(O)CCCCCCCCCCCCCCCCCCCC. The standard InChI is InChI=1S/C77H147NO5/c1-3-5-7-9-11-13-15-17-19-20-38-42-45-49-53-57-61-65-69-75(80)74(73-79)78-76(81)70-66-62-58-54-50-46-43-39-36-34-32-30-28-26-24-22-21-23-25-27-29-31-33-35-37-40-44-48-52-56-60-64-68-72-83-77(82)71-67-63-59-55-51-47-41-18-16-14-12-10-8-6-4-2/h12,14,18,25,27,41,74-75,79-80H,3-11,13,15-17,19-24,26,28-40,42-73H2,1-2H3,(H,78,81)/b14-12-,27-25-,41-18-. The normalized spacial score (nSPS) is 12.7. The number of nitrogens with one attached hydrogen (secondary N) is 1. The summed E-state index contributed by atoms with van der Waals surface area (Å²) in [7, 11) is 0. The van der Waals surface area contributed by atoms with E-state index >= 15 is 0 Å². The second kappa shape index (κ2) is 72.6. The average molecular weight is 1170 g/mol. The van der Waals surface area contributed by atoms with E-state index in [2.05, 4.69) is 55.6 Å². The summed E-state index contributed by atoms with van der Waals surface area (Å²) in [4.78, 5) is 24.6. The van der Waals surface area contributed by atoms with Crippen molar-refractivity contribution in [3.63, 3.8) is 0 Å². The molecule has 0 spiro atoms. The Labute approximate surface area is 519 Å². The number of aliphatic hydroxyl groups is 2. The fourth-order valence-electron chi connectivity index (χ4n) is 11.9. The topological polar surface area (TPSA) is 95.9 Å². The van der Waals surface area contributed by atoms with Gasteiger partial charge in [-0.15, -0.1) is 0 Å². The van der Waals surface area contributed by atoms with Crippen LogP contribution in [0, 0.1) is 0 Å². The molecule has 3 N–H and O–H groups in total. The Bertz CT molecular complexity index is 1340. The molecule has 490 valence electrons. The fraction of sp³-hybridized carbons (Fsp3) is 0.896. The van der Waals surface area contributed by atoms with Gasteiger partial charge in [0.25, 0.3) is 0 Å². The highest BCUT2D eigenvalue weighted by atomic mass is 16.5. The van der Waals surface area contributed by atoms with Gasteiger partial charge in [0.2, 0.25) is 5.91 Å². The van der Waals surface area contributed by atoms with E-state index in [4.69, 9.17) is 4.74 Å². The molecule has 2 atom stereocenters. The maximum atomic E-state index is 12.5. The molecule has 0 aliphatic heterocycles. The number of carbonyl (C=O) groups excluding carboxylic acids is 2. The Kier molecular flexibility index (Phi) is 70.9. The van der Waals surface area contributed by atoms with Gasteiger partial charge in [0, 0.05) is 12.8 Å². The van der Waals surface area contributed by atoms with Crippen molar-refractivity contribution in [2.75, 3.05) is 13.2 Å². The number of carbonyl (C=O) groups is 2. The minimum atomic E-state index is -0.663. The van der Waals surface area contributed by atoms with Crippen LogP contribution in [0.3, 0.4) is 0 Å². The molecule has 0 aliphatic rings. The van der Waals surface area contributed by atoms with Crippen LogP contribution in [-0.4, -0.2) is 47.4 Å². The quantitative estimate of drug-likeness (QED) is 0.0320. The molecular weight excluding hydrogens is 1020 g/mol. The van der Waals surface area contributed by atoms with Crippen molar-refractivity contribution in [3.05, 3.63) is 36.5 Å². The van der Waals surface area contributed by atoms with Crippen LogP contribution < -0.4 is 5.32 Å². The largest absolute Gasteiger partial charge is 0.466 e.